The lowest BCUT2D eigenvalue weighted by atomic mass is 10.1. The SMILES string of the molecule is CC(C)(NC(=O)c1cc[nH]c(=O)c1)C(=O)O. The van der Waals surface area contributed by atoms with Gasteiger partial charge in [-0.2, -0.15) is 0 Å². The summed E-state index contributed by atoms with van der Waals surface area (Å²) in [7, 11) is 0. The fourth-order valence-electron chi connectivity index (χ4n) is 0.995. The monoisotopic (exact) mass is 224 g/mol. The maximum Gasteiger partial charge on any atom is 0.328 e. The molecule has 0 atom stereocenters. The van der Waals surface area contributed by atoms with Gasteiger partial charge in [-0.05, 0) is 19.9 Å². The minimum absolute atomic E-state index is 0.123. The minimum Gasteiger partial charge on any atom is -0.480 e. The first kappa shape index (κ1) is 12.0. The molecule has 1 heterocycles. The molecular weight excluding hydrogens is 212 g/mol. The van der Waals surface area contributed by atoms with E-state index in [1.165, 1.54) is 26.1 Å². The molecule has 3 N–H and O–H groups in total. The standard InChI is InChI=1S/C10H12N2O4/c1-10(2,9(15)16)12-8(14)6-3-4-11-7(13)5-6/h3-5H,1-2H3,(H,11,13)(H,12,14)(H,15,16). The Morgan fingerprint density at radius 3 is 2.56 bits per heavy atom. The summed E-state index contributed by atoms with van der Waals surface area (Å²) in [5.41, 5.74) is -1.67. The Hall–Kier alpha value is -2.11. The number of aromatic nitrogens is 1. The topological polar surface area (TPSA) is 99.3 Å². The van der Waals surface area contributed by atoms with Crippen molar-refractivity contribution in [3.63, 3.8) is 0 Å². The van der Waals surface area contributed by atoms with Crippen LogP contribution in [-0.4, -0.2) is 27.5 Å². The molecule has 0 bridgehead atoms. The van der Waals surface area contributed by atoms with Crippen LogP contribution in [0.25, 0.3) is 0 Å². The number of carboxylic acid groups (broad SMARTS) is 1. The van der Waals surface area contributed by atoms with Gasteiger partial charge in [-0.25, -0.2) is 4.79 Å². The molecule has 0 fully saturated rings. The lowest BCUT2D eigenvalue weighted by Crippen LogP contribution is -2.49. The van der Waals surface area contributed by atoms with Crippen LogP contribution in [-0.2, 0) is 4.79 Å². The molecule has 1 amide bonds. The molecule has 1 aromatic rings. The highest BCUT2D eigenvalue weighted by Crippen LogP contribution is 2.04. The van der Waals surface area contributed by atoms with Gasteiger partial charge in [0.05, 0.1) is 0 Å². The van der Waals surface area contributed by atoms with Crippen LogP contribution in [0.3, 0.4) is 0 Å². The van der Waals surface area contributed by atoms with Crippen LogP contribution in [0.1, 0.15) is 24.2 Å². The number of hydrogen-bond donors (Lipinski definition) is 3. The Balaban J connectivity index is 2.89. The number of carbonyl (C=O) groups is 2. The van der Waals surface area contributed by atoms with E-state index in [1.807, 2.05) is 0 Å². The molecule has 0 unspecified atom stereocenters. The van der Waals surface area contributed by atoms with Crippen molar-refractivity contribution in [1.82, 2.24) is 10.3 Å². The normalized spacial score (nSPS) is 10.9. The second-order valence-corrected chi connectivity index (χ2v) is 3.83. The van der Waals surface area contributed by atoms with E-state index in [2.05, 4.69) is 10.3 Å². The van der Waals surface area contributed by atoms with E-state index in [0.717, 1.165) is 6.07 Å². The summed E-state index contributed by atoms with van der Waals surface area (Å²) in [6, 6.07) is 2.50. The molecule has 0 aliphatic heterocycles. The molecule has 0 saturated heterocycles. The van der Waals surface area contributed by atoms with E-state index in [9.17, 15) is 14.4 Å². The number of pyridine rings is 1. The fraction of sp³-hybridized carbons (Fsp3) is 0.300. The van der Waals surface area contributed by atoms with Crippen LogP contribution in [0.2, 0.25) is 0 Å². The molecule has 0 aromatic carbocycles. The van der Waals surface area contributed by atoms with Gasteiger partial charge in [0.2, 0.25) is 5.56 Å². The van der Waals surface area contributed by atoms with E-state index in [1.54, 1.807) is 0 Å². The fourth-order valence-corrected chi connectivity index (χ4v) is 0.995. The number of carbonyl (C=O) groups excluding carboxylic acids is 1. The summed E-state index contributed by atoms with van der Waals surface area (Å²) in [6.07, 6.45) is 1.32. The van der Waals surface area contributed by atoms with Crippen molar-refractivity contribution in [3.05, 3.63) is 34.2 Å². The average Bonchev–Trinajstić information content (AvgIpc) is 2.16. The van der Waals surface area contributed by atoms with Gasteiger partial charge in [0.25, 0.3) is 5.91 Å². The third-order valence-electron chi connectivity index (χ3n) is 2.00. The van der Waals surface area contributed by atoms with E-state index in [0.29, 0.717) is 0 Å². The molecular formula is C10H12N2O4. The van der Waals surface area contributed by atoms with Crippen molar-refractivity contribution in [3.8, 4) is 0 Å². The molecule has 0 saturated carbocycles. The first-order valence-corrected chi connectivity index (χ1v) is 4.57. The molecule has 86 valence electrons. The van der Waals surface area contributed by atoms with E-state index < -0.39 is 23.0 Å². The number of hydrogen-bond acceptors (Lipinski definition) is 3. The second-order valence-electron chi connectivity index (χ2n) is 3.83. The zero-order chi connectivity index (χ0) is 12.3. The molecule has 6 nitrogen and oxygen atoms in total. The van der Waals surface area contributed by atoms with E-state index in [4.69, 9.17) is 5.11 Å². The molecule has 6 heteroatoms. The summed E-state index contributed by atoms with van der Waals surface area (Å²) >= 11 is 0. The van der Waals surface area contributed by atoms with Crippen molar-refractivity contribution >= 4 is 11.9 Å². The van der Waals surface area contributed by atoms with Gasteiger partial charge in [0.1, 0.15) is 5.54 Å². The van der Waals surface area contributed by atoms with Crippen LogP contribution in [0.5, 0.6) is 0 Å². The van der Waals surface area contributed by atoms with Gasteiger partial charge >= 0.3 is 5.97 Å². The Kier molecular flexibility index (Phi) is 3.12. The summed E-state index contributed by atoms with van der Waals surface area (Å²) < 4.78 is 0. The minimum atomic E-state index is -1.38. The molecule has 0 radical (unpaired) electrons. The van der Waals surface area contributed by atoms with Crippen molar-refractivity contribution < 1.29 is 14.7 Å². The van der Waals surface area contributed by atoms with Crippen LogP contribution < -0.4 is 10.9 Å². The Morgan fingerprint density at radius 1 is 1.44 bits per heavy atom. The molecule has 1 rings (SSSR count). The number of nitrogens with one attached hydrogen (secondary N) is 2. The highest BCUT2D eigenvalue weighted by Gasteiger charge is 2.29. The van der Waals surface area contributed by atoms with Crippen LogP contribution >= 0.6 is 0 Å². The van der Waals surface area contributed by atoms with Crippen LogP contribution in [0.15, 0.2) is 23.1 Å². The first-order chi connectivity index (χ1) is 7.33. The smallest absolute Gasteiger partial charge is 0.328 e. The zero-order valence-electron chi connectivity index (χ0n) is 8.90. The molecule has 0 spiro atoms. The Bertz CT molecular complexity index is 476. The van der Waals surface area contributed by atoms with Gasteiger partial charge < -0.3 is 15.4 Å². The van der Waals surface area contributed by atoms with Gasteiger partial charge in [-0.3, -0.25) is 9.59 Å². The summed E-state index contributed by atoms with van der Waals surface area (Å²) in [6.45, 7) is 2.72. The quantitative estimate of drug-likeness (QED) is 0.671. The summed E-state index contributed by atoms with van der Waals surface area (Å²) in [4.78, 5) is 35.7. The predicted octanol–water partition coefficient (Wildman–Crippen LogP) is -0.0321. The van der Waals surface area contributed by atoms with Crippen LogP contribution in [0.4, 0.5) is 0 Å². The third kappa shape index (κ3) is 2.69. The maximum atomic E-state index is 11.6. The van der Waals surface area contributed by atoms with E-state index >= 15 is 0 Å². The molecule has 1 aromatic heterocycles. The Labute approximate surface area is 91.3 Å². The number of aliphatic carboxylic acids is 1. The Morgan fingerprint density at radius 2 is 2.06 bits per heavy atom. The number of amides is 1. The predicted molar refractivity (Wildman–Crippen MR) is 56.2 cm³/mol. The van der Waals surface area contributed by atoms with Gasteiger partial charge in [0.15, 0.2) is 0 Å². The van der Waals surface area contributed by atoms with Crippen molar-refractivity contribution in [2.75, 3.05) is 0 Å². The summed E-state index contributed by atoms with van der Waals surface area (Å²) in [5, 5.41) is 11.1. The second kappa shape index (κ2) is 4.18. The number of rotatable bonds is 3. The lowest BCUT2D eigenvalue weighted by molar-refractivity contribution is -0.143. The van der Waals surface area contributed by atoms with Crippen LogP contribution in [0, 0.1) is 0 Å². The third-order valence-corrected chi connectivity index (χ3v) is 2.00. The van der Waals surface area contributed by atoms with Gasteiger partial charge in [-0.15, -0.1) is 0 Å². The van der Waals surface area contributed by atoms with Crippen molar-refractivity contribution in [2.45, 2.75) is 19.4 Å². The number of H-pyrrole nitrogens is 1. The zero-order valence-corrected chi connectivity index (χ0v) is 8.90. The highest BCUT2D eigenvalue weighted by molar-refractivity contribution is 5.97. The average molecular weight is 224 g/mol. The lowest BCUT2D eigenvalue weighted by Gasteiger charge is -2.20. The highest BCUT2D eigenvalue weighted by atomic mass is 16.4. The van der Waals surface area contributed by atoms with Gasteiger partial charge in [0, 0.05) is 17.8 Å². The molecule has 0 aliphatic rings. The number of carboxylic acids is 1. The maximum absolute atomic E-state index is 11.6. The van der Waals surface area contributed by atoms with Crippen molar-refractivity contribution in [2.24, 2.45) is 0 Å². The molecule has 16 heavy (non-hydrogen) atoms. The van der Waals surface area contributed by atoms with Gasteiger partial charge in [-0.1, -0.05) is 0 Å². The summed E-state index contributed by atoms with van der Waals surface area (Å²) in [5.74, 6) is -1.75. The number of aromatic amines is 1. The first-order valence-electron chi connectivity index (χ1n) is 4.57. The largest absolute Gasteiger partial charge is 0.480 e. The molecule has 0 aliphatic carbocycles. The van der Waals surface area contributed by atoms with Crippen molar-refractivity contribution in [1.29, 1.82) is 0 Å². The van der Waals surface area contributed by atoms with E-state index in [-0.39, 0.29) is 5.56 Å².